The highest BCUT2D eigenvalue weighted by Gasteiger charge is 2.56. The van der Waals surface area contributed by atoms with E-state index in [1.165, 1.54) is 44.1 Å². The zero-order valence-electron chi connectivity index (χ0n) is 17.6. The molecule has 4 aliphatic rings. The van der Waals surface area contributed by atoms with Gasteiger partial charge < -0.3 is 9.67 Å². The average Bonchev–Trinajstić information content (AvgIpc) is 3.27. The van der Waals surface area contributed by atoms with Crippen molar-refractivity contribution in [1.82, 2.24) is 9.55 Å². The summed E-state index contributed by atoms with van der Waals surface area (Å²) in [5.41, 5.74) is 2.94. The summed E-state index contributed by atoms with van der Waals surface area (Å²) in [6.07, 6.45) is 18.1. The quantitative estimate of drug-likeness (QED) is 0.715. The van der Waals surface area contributed by atoms with Crippen LogP contribution in [0.3, 0.4) is 0 Å². The van der Waals surface area contributed by atoms with Crippen LogP contribution in [0.2, 0.25) is 0 Å². The fourth-order valence-electron chi connectivity index (χ4n) is 7.86. The molecule has 1 N–H and O–H groups in total. The van der Waals surface area contributed by atoms with E-state index in [0.29, 0.717) is 11.3 Å². The predicted octanol–water partition coefficient (Wildman–Crippen LogP) is 5.38. The van der Waals surface area contributed by atoms with E-state index in [1.807, 2.05) is 19.4 Å². The first-order valence-electron chi connectivity index (χ1n) is 11.4. The Balaban J connectivity index is 1.35. The summed E-state index contributed by atoms with van der Waals surface area (Å²) in [6.45, 7) is 10.1. The first-order chi connectivity index (χ1) is 13.4. The summed E-state index contributed by atoms with van der Waals surface area (Å²) in [7, 11) is 0. The normalized spacial score (nSPS) is 45.0. The molecule has 1 heterocycles. The summed E-state index contributed by atoms with van der Waals surface area (Å²) >= 11 is 0. The van der Waals surface area contributed by atoms with Gasteiger partial charge in [-0.1, -0.05) is 30.7 Å². The lowest BCUT2D eigenvalue weighted by atomic mass is 9.51. The number of aromatic nitrogens is 2. The number of hydrogen-bond donors (Lipinski definition) is 1. The van der Waals surface area contributed by atoms with Gasteiger partial charge in [-0.2, -0.15) is 0 Å². The molecule has 0 aromatic carbocycles. The van der Waals surface area contributed by atoms with Crippen molar-refractivity contribution in [2.75, 3.05) is 0 Å². The van der Waals surface area contributed by atoms with Gasteiger partial charge in [0.05, 0.1) is 11.9 Å². The summed E-state index contributed by atoms with van der Waals surface area (Å²) in [5, 5.41) is 10.5. The number of aliphatic hydroxyl groups is 1. The van der Waals surface area contributed by atoms with Crippen molar-refractivity contribution in [2.24, 2.45) is 35.0 Å². The van der Waals surface area contributed by atoms with Crippen molar-refractivity contribution in [3.05, 3.63) is 42.5 Å². The maximum Gasteiger partial charge on any atom is 0.0948 e. The third-order valence-corrected chi connectivity index (χ3v) is 9.15. The molecular weight excluding hydrogens is 344 g/mol. The van der Waals surface area contributed by atoms with Crippen LogP contribution in [0.25, 0.3) is 0 Å². The van der Waals surface area contributed by atoms with Crippen LogP contribution in [0.5, 0.6) is 0 Å². The van der Waals surface area contributed by atoms with Crippen LogP contribution < -0.4 is 0 Å². The number of nitrogens with zero attached hydrogens (tertiary/aromatic N) is 2. The predicted molar refractivity (Wildman–Crippen MR) is 113 cm³/mol. The molecule has 0 saturated heterocycles. The molecule has 3 saturated carbocycles. The molecule has 5 rings (SSSR count). The Morgan fingerprint density at radius 2 is 2.07 bits per heavy atom. The number of rotatable bonds is 3. The Morgan fingerprint density at radius 1 is 1.21 bits per heavy atom. The zero-order valence-corrected chi connectivity index (χ0v) is 17.6. The van der Waals surface area contributed by atoms with Gasteiger partial charge in [0.2, 0.25) is 0 Å². The third-order valence-electron chi connectivity index (χ3n) is 9.15. The highest BCUT2D eigenvalue weighted by atomic mass is 16.3. The summed E-state index contributed by atoms with van der Waals surface area (Å²) < 4.78 is 2.17. The lowest BCUT2D eigenvalue weighted by Crippen LogP contribution is -2.47. The Kier molecular flexibility index (Phi) is 4.39. The molecule has 4 aliphatic carbocycles. The molecule has 3 fully saturated rings. The van der Waals surface area contributed by atoms with Gasteiger partial charge in [0.25, 0.3) is 0 Å². The summed E-state index contributed by atoms with van der Waals surface area (Å²) in [6, 6.07) is 0. The van der Waals surface area contributed by atoms with Crippen molar-refractivity contribution < 1.29 is 5.11 Å². The topological polar surface area (TPSA) is 38.0 Å². The van der Waals surface area contributed by atoms with Crippen molar-refractivity contribution >= 4 is 0 Å². The van der Waals surface area contributed by atoms with Gasteiger partial charge in [-0.15, -0.1) is 0 Å². The van der Waals surface area contributed by atoms with Gasteiger partial charge in [-0.3, -0.25) is 0 Å². The molecule has 0 unspecified atom stereocenters. The minimum atomic E-state index is -0.470. The average molecular weight is 381 g/mol. The Morgan fingerprint density at radius 3 is 2.86 bits per heavy atom. The van der Waals surface area contributed by atoms with Gasteiger partial charge in [0.15, 0.2) is 0 Å². The molecule has 7 atom stereocenters. The van der Waals surface area contributed by atoms with E-state index >= 15 is 0 Å². The number of imidazole rings is 1. The first kappa shape index (κ1) is 18.7. The molecule has 0 bridgehead atoms. The zero-order chi connectivity index (χ0) is 19.5. The molecule has 0 amide bonds. The summed E-state index contributed by atoms with van der Waals surface area (Å²) in [4.78, 5) is 4.20. The number of allylic oxidation sites excluding steroid dienone is 2. The Hall–Kier alpha value is -1.35. The van der Waals surface area contributed by atoms with Crippen LogP contribution in [0, 0.1) is 35.0 Å². The van der Waals surface area contributed by atoms with Gasteiger partial charge in [0, 0.05) is 18.9 Å². The highest BCUT2D eigenvalue weighted by Crippen LogP contribution is 2.64. The van der Waals surface area contributed by atoms with E-state index in [9.17, 15) is 5.11 Å². The first-order valence-corrected chi connectivity index (χ1v) is 11.4. The minimum Gasteiger partial charge on any atom is -0.390 e. The van der Waals surface area contributed by atoms with Crippen LogP contribution in [0.4, 0.5) is 0 Å². The van der Waals surface area contributed by atoms with Crippen LogP contribution >= 0.6 is 0 Å². The van der Waals surface area contributed by atoms with Crippen LogP contribution in [0.15, 0.2) is 42.5 Å². The maximum atomic E-state index is 10.5. The molecule has 3 heteroatoms. The van der Waals surface area contributed by atoms with E-state index in [4.69, 9.17) is 0 Å². The number of hydrogen-bond acceptors (Lipinski definition) is 2. The van der Waals surface area contributed by atoms with E-state index in [0.717, 1.165) is 43.1 Å². The fraction of sp³-hybridized carbons (Fsp3) is 0.720. The van der Waals surface area contributed by atoms with Gasteiger partial charge >= 0.3 is 0 Å². The van der Waals surface area contributed by atoms with Crippen molar-refractivity contribution in [3.8, 4) is 0 Å². The van der Waals surface area contributed by atoms with Crippen LogP contribution in [0.1, 0.15) is 65.2 Å². The molecule has 1 aromatic rings. The largest absolute Gasteiger partial charge is 0.390 e. The van der Waals surface area contributed by atoms with Gasteiger partial charge in [0.1, 0.15) is 0 Å². The lowest BCUT2D eigenvalue weighted by molar-refractivity contribution is -0.0292. The monoisotopic (exact) mass is 380 g/mol. The molecule has 3 nitrogen and oxygen atoms in total. The summed E-state index contributed by atoms with van der Waals surface area (Å²) in [5.74, 6) is 3.95. The van der Waals surface area contributed by atoms with Crippen molar-refractivity contribution in [1.29, 1.82) is 0 Å². The van der Waals surface area contributed by atoms with Crippen molar-refractivity contribution in [2.45, 2.75) is 77.4 Å². The molecule has 0 radical (unpaired) electrons. The number of fused-ring (bicyclic) bond motifs is 5. The Bertz CT molecular complexity index is 776. The minimum absolute atomic E-state index is 0.421. The van der Waals surface area contributed by atoms with Gasteiger partial charge in [-0.05, 0) is 93.3 Å². The van der Waals surface area contributed by atoms with Crippen molar-refractivity contribution in [3.63, 3.8) is 0 Å². The van der Waals surface area contributed by atoms with E-state index in [-0.39, 0.29) is 0 Å². The van der Waals surface area contributed by atoms with E-state index in [1.54, 1.807) is 5.57 Å². The van der Waals surface area contributed by atoms with E-state index in [2.05, 4.69) is 35.3 Å². The van der Waals surface area contributed by atoms with Crippen LogP contribution in [-0.2, 0) is 6.54 Å². The molecule has 152 valence electrons. The smallest absolute Gasteiger partial charge is 0.0948 e. The molecule has 1 aromatic heterocycles. The van der Waals surface area contributed by atoms with Gasteiger partial charge in [-0.25, -0.2) is 4.98 Å². The lowest BCUT2D eigenvalue weighted by Gasteiger charge is -2.54. The van der Waals surface area contributed by atoms with Crippen LogP contribution in [-0.4, -0.2) is 20.3 Å². The molecule has 0 spiro atoms. The second-order valence-corrected chi connectivity index (χ2v) is 10.8. The second kappa shape index (κ2) is 6.58. The maximum absolute atomic E-state index is 10.5. The third kappa shape index (κ3) is 2.93. The molecule has 28 heavy (non-hydrogen) atoms. The standard InChI is InChI=1S/C25H36N2O/c1-17(15-27-13-12-26-16-27)22-6-7-23-21-5-4-18-14-24(2,28)10-8-19(18)20(21)9-11-25(22,23)3/h4,12-13,16,19-23,28H,1,5-11,14-15H2,2-3H3/t19-,20+,21+,22+,23-,24+,25+/m0/s1. The second-order valence-electron chi connectivity index (χ2n) is 10.8. The fourth-order valence-corrected chi connectivity index (χ4v) is 7.86. The SMILES string of the molecule is C=C(Cn1ccnc1)[C@H]1CC[C@H]2[C@@H]3CC=C4C[C@](C)(O)CC[C@@H]4[C@H]3CC[C@]12C. The van der Waals surface area contributed by atoms with E-state index < -0.39 is 5.60 Å². The Labute approximate surface area is 169 Å². The molecule has 0 aliphatic heterocycles. The molecular formula is C25H36N2O. The highest BCUT2D eigenvalue weighted by molar-refractivity contribution is 5.23.